The molecule has 1 aromatic heterocycles. The van der Waals surface area contributed by atoms with Crippen LogP contribution in [0.25, 0.3) is 0 Å². The van der Waals surface area contributed by atoms with Gasteiger partial charge in [0.2, 0.25) is 10.0 Å². The van der Waals surface area contributed by atoms with E-state index in [1.54, 1.807) is 0 Å². The molecule has 1 saturated heterocycles. The molecule has 5 nitrogen and oxygen atoms in total. The molecule has 1 aromatic rings. The second-order valence-electron chi connectivity index (χ2n) is 5.23. The normalized spacial score (nSPS) is 31.6. The fraction of sp³-hybridized carbons (Fsp3) is 0.583. The fourth-order valence-electron chi connectivity index (χ4n) is 3.07. The lowest BCUT2D eigenvalue weighted by atomic mass is 10.00. The van der Waals surface area contributed by atoms with E-state index in [4.69, 9.17) is 0 Å². The molecule has 0 spiro atoms. The number of hydrogen-bond donors (Lipinski definition) is 1. The highest BCUT2D eigenvalue weighted by Crippen LogP contribution is 2.39. The Morgan fingerprint density at radius 3 is 2.79 bits per heavy atom. The van der Waals surface area contributed by atoms with Gasteiger partial charge in [-0.05, 0) is 24.8 Å². The summed E-state index contributed by atoms with van der Waals surface area (Å²) in [7, 11) is -3.71. The number of rotatable bonds is 2. The maximum absolute atomic E-state index is 13.1. The van der Waals surface area contributed by atoms with Gasteiger partial charge in [-0.1, -0.05) is 0 Å². The molecule has 0 radical (unpaired) electrons. The molecule has 19 heavy (non-hydrogen) atoms. The monoisotopic (exact) mass is 286 g/mol. The SMILES string of the molecule is O=S(=O)(c1cncc(F)c1)N1CC2CCC(O)C2C1. The zero-order valence-electron chi connectivity index (χ0n) is 10.2. The molecule has 2 heterocycles. The molecule has 104 valence electrons. The van der Waals surface area contributed by atoms with E-state index in [0.29, 0.717) is 13.1 Å². The zero-order valence-corrected chi connectivity index (χ0v) is 11.1. The summed E-state index contributed by atoms with van der Waals surface area (Å²) in [6.45, 7) is 0.714. The highest BCUT2D eigenvalue weighted by atomic mass is 32.2. The van der Waals surface area contributed by atoms with Crippen LogP contribution in [-0.4, -0.2) is 42.0 Å². The van der Waals surface area contributed by atoms with Crippen LogP contribution in [0.3, 0.4) is 0 Å². The topological polar surface area (TPSA) is 70.5 Å². The summed E-state index contributed by atoms with van der Waals surface area (Å²) in [5.74, 6) is -0.442. The van der Waals surface area contributed by atoms with Gasteiger partial charge in [0.25, 0.3) is 0 Å². The minimum Gasteiger partial charge on any atom is -0.393 e. The van der Waals surface area contributed by atoms with Crippen molar-refractivity contribution in [3.63, 3.8) is 0 Å². The summed E-state index contributed by atoms with van der Waals surface area (Å²) in [6.07, 6.45) is 3.30. The first-order chi connectivity index (χ1) is 8.98. The van der Waals surface area contributed by atoms with Gasteiger partial charge in [0, 0.05) is 25.2 Å². The van der Waals surface area contributed by atoms with Gasteiger partial charge in [-0.2, -0.15) is 4.31 Å². The third-order valence-electron chi connectivity index (χ3n) is 4.10. The Kier molecular flexibility index (Phi) is 3.07. The van der Waals surface area contributed by atoms with Crippen molar-refractivity contribution < 1.29 is 17.9 Å². The third kappa shape index (κ3) is 2.15. The van der Waals surface area contributed by atoms with Crippen molar-refractivity contribution in [2.45, 2.75) is 23.8 Å². The van der Waals surface area contributed by atoms with Crippen LogP contribution in [0.2, 0.25) is 0 Å². The Morgan fingerprint density at radius 2 is 2.11 bits per heavy atom. The Balaban J connectivity index is 1.87. The van der Waals surface area contributed by atoms with E-state index in [2.05, 4.69) is 4.98 Å². The lowest BCUT2D eigenvalue weighted by molar-refractivity contribution is 0.129. The fourth-order valence-corrected chi connectivity index (χ4v) is 4.58. The van der Waals surface area contributed by atoms with Gasteiger partial charge < -0.3 is 5.11 Å². The van der Waals surface area contributed by atoms with Crippen LogP contribution in [-0.2, 0) is 10.0 Å². The van der Waals surface area contributed by atoms with Crippen molar-refractivity contribution in [2.75, 3.05) is 13.1 Å². The first-order valence-electron chi connectivity index (χ1n) is 6.27. The van der Waals surface area contributed by atoms with Crippen molar-refractivity contribution in [1.82, 2.24) is 9.29 Å². The van der Waals surface area contributed by atoms with Crippen molar-refractivity contribution >= 4 is 10.0 Å². The van der Waals surface area contributed by atoms with Gasteiger partial charge in [-0.3, -0.25) is 4.98 Å². The van der Waals surface area contributed by atoms with Crippen LogP contribution in [0.15, 0.2) is 23.4 Å². The number of halogens is 1. The quantitative estimate of drug-likeness (QED) is 0.865. The smallest absolute Gasteiger partial charge is 0.244 e. The van der Waals surface area contributed by atoms with E-state index in [0.717, 1.165) is 31.3 Å². The number of nitrogens with zero attached hydrogens (tertiary/aromatic N) is 2. The van der Waals surface area contributed by atoms with Gasteiger partial charge in [-0.15, -0.1) is 0 Å². The summed E-state index contributed by atoms with van der Waals surface area (Å²) < 4.78 is 39.2. The van der Waals surface area contributed by atoms with Gasteiger partial charge in [-0.25, -0.2) is 12.8 Å². The third-order valence-corrected chi connectivity index (χ3v) is 5.90. The maximum atomic E-state index is 13.1. The lowest BCUT2D eigenvalue weighted by Gasteiger charge is -2.18. The average Bonchev–Trinajstić information content (AvgIpc) is 2.92. The molecule has 0 aromatic carbocycles. The Hall–Kier alpha value is -1.05. The predicted octanol–water partition coefficient (Wildman–Crippen LogP) is 0.612. The molecular weight excluding hydrogens is 271 g/mol. The molecule has 0 bridgehead atoms. The van der Waals surface area contributed by atoms with E-state index >= 15 is 0 Å². The highest BCUT2D eigenvalue weighted by Gasteiger charge is 2.45. The molecule has 0 amide bonds. The maximum Gasteiger partial charge on any atom is 0.244 e. The molecule has 1 aliphatic heterocycles. The van der Waals surface area contributed by atoms with Crippen molar-refractivity contribution in [3.8, 4) is 0 Å². The van der Waals surface area contributed by atoms with E-state index in [9.17, 15) is 17.9 Å². The van der Waals surface area contributed by atoms with E-state index in [-0.39, 0.29) is 16.7 Å². The molecule has 1 aliphatic carbocycles. The number of aromatic nitrogens is 1. The summed E-state index contributed by atoms with van der Waals surface area (Å²) in [4.78, 5) is 3.46. The Labute approximate surface area is 111 Å². The Morgan fingerprint density at radius 1 is 1.32 bits per heavy atom. The van der Waals surface area contributed by atoms with Gasteiger partial charge in [0.15, 0.2) is 0 Å². The largest absolute Gasteiger partial charge is 0.393 e. The molecular formula is C12H15FN2O3S. The number of aliphatic hydroxyl groups is 1. The van der Waals surface area contributed by atoms with E-state index in [1.165, 1.54) is 4.31 Å². The molecule has 2 fully saturated rings. The van der Waals surface area contributed by atoms with Crippen LogP contribution in [0, 0.1) is 17.7 Å². The molecule has 7 heteroatoms. The van der Waals surface area contributed by atoms with Gasteiger partial charge in [0.1, 0.15) is 10.7 Å². The van der Waals surface area contributed by atoms with Crippen molar-refractivity contribution in [2.24, 2.45) is 11.8 Å². The summed E-state index contributed by atoms with van der Waals surface area (Å²) in [5, 5.41) is 9.80. The van der Waals surface area contributed by atoms with E-state index < -0.39 is 21.9 Å². The number of fused-ring (bicyclic) bond motifs is 1. The van der Waals surface area contributed by atoms with E-state index in [1.807, 2.05) is 0 Å². The molecule has 3 rings (SSSR count). The van der Waals surface area contributed by atoms with Crippen LogP contribution < -0.4 is 0 Å². The predicted molar refractivity (Wildman–Crippen MR) is 65.2 cm³/mol. The minimum absolute atomic E-state index is 0.0105. The number of pyridine rings is 1. The second kappa shape index (κ2) is 4.50. The van der Waals surface area contributed by atoms with Crippen LogP contribution in [0.4, 0.5) is 4.39 Å². The van der Waals surface area contributed by atoms with Crippen molar-refractivity contribution in [1.29, 1.82) is 0 Å². The Bertz CT molecular complexity index is 592. The van der Waals surface area contributed by atoms with Crippen LogP contribution >= 0.6 is 0 Å². The molecule has 3 unspecified atom stereocenters. The molecule has 2 aliphatic rings. The lowest BCUT2D eigenvalue weighted by Crippen LogP contribution is -2.31. The van der Waals surface area contributed by atoms with Gasteiger partial charge in [0.05, 0.1) is 12.3 Å². The number of sulfonamides is 1. The highest BCUT2D eigenvalue weighted by molar-refractivity contribution is 7.89. The van der Waals surface area contributed by atoms with Crippen molar-refractivity contribution in [3.05, 3.63) is 24.3 Å². The first-order valence-corrected chi connectivity index (χ1v) is 7.71. The van der Waals surface area contributed by atoms with Gasteiger partial charge >= 0.3 is 0 Å². The minimum atomic E-state index is -3.71. The van der Waals surface area contributed by atoms with Crippen LogP contribution in [0.1, 0.15) is 12.8 Å². The number of hydrogen-bond acceptors (Lipinski definition) is 4. The zero-order chi connectivity index (χ0) is 13.6. The number of aliphatic hydroxyl groups excluding tert-OH is 1. The second-order valence-corrected chi connectivity index (χ2v) is 7.17. The summed E-state index contributed by atoms with van der Waals surface area (Å²) in [5.41, 5.74) is 0. The standard InChI is InChI=1S/C12H15FN2O3S/c13-9-3-10(5-14-4-9)19(17,18)15-6-8-1-2-12(16)11(8)7-15/h3-5,8,11-12,16H,1-2,6-7H2. The summed E-state index contributed by atoms with van der Waals surface area (Å²) in [6, 6.07) is 0.979. The first kappa shape index (κ1) is 13.0. The average molecular weight is 286 g/mol. The molecule has 1 N–H and O–H groups in total. The molecule has 1 saturated carbocycles. The molecule has 3 atom stereocenters. The summed E-state index contributed by atoms with van der Waals surface area (Å²) >= 11 is 0. The van der Waals surface area contributed by atoms with Crippen LogP contribution in [0.5, 0.6) is 0 Å².